The highest BCUT2D eigenvalue weighted by Crippen LogP contribution is 2.40. The van der Waals surface area contributed by atoms with Crippen molar-refractivity contribution in [2.45, 2.75) is 0 Å². The quantitative estimate of drug-likeness (QED) is 0.698. The molecule has 3 aromatic rings. The third-order valence-corrected chi connectivity index (χ3v) is 4.77. The van der Waals surface area contributed by atoms with E-state index < -0.39 is 0 Å². The predicted octanol–water partition coefficient (Wildman–Crippen LogP) is 5.07. The van der Waals surface area contributed by atoms with E-state index in [2.05, 4.69) is 21.1 Å². The van der Waals surface area contributed by atoms with Crippen molar-refractivity contribution in [3.05, 3.63) is 45.2 Å². The molecule has 0 saturated carbocycles. The minimum Gasteiger partial charge on any atom is -0.380 e. The van der Waals surface area contributed by atoms with E-state index in [1.807, 2.05) is 29.6 Å². The molecule has 96 valence electrons. The van der Waals surface area contributed by atoms with Crippen molar-refractivity contribution in [2.24, 2.45) is 0 Å². The molecular weight excluding hydrogens is 348 g/mol. The van der Waals surface area contributed by atoms with Crippen molar-refractivity contribution >= 4 is 44.7 Å². The van der Waals surface area contributed by atoms with Gasteiger partial charge in [0.25, 0.3) is 0 Å². The highest BCUT2D eigenvalue weighted by molar-refractivity contribution is 9.10. The van der Waals surface area contributed by atoms with Gasteiger partial charge in [0, 0.05) is 14.9 Å². The third kappa shape index (κ3) is 2.29. The SMILES string of the molecule is Nc1noc(-c2ccc(Cl)c(Br)c2)c1-c1cccs1. The average Bonchev–Trinajstić information content (AvgIpc) is 3.01. The first-order valence-electron chi connectivity index (χ1n) is 5.41. The molecule has 0 spiro atoms. The molecule has 3 rings (SSSR count). The highest BCUT2D eigenvalue weighted by Gasteiger charge is 2.18. The fourth-order valence-corrected chi connectivity index (χ4v) is 3.07. The number of aromatic nitrogens is 1. The molecule has 0 unspecified atom stereocenters. The lowest BCUT2D eigenvalue weighted by atomic mass is 10.1. The van der Waals surface area contributed by atoms with Crippen LogP contribution in [0.3, 0.4) is 0 Å². The van der Waals surface area contributed by atoms with Crippen molar-refractivity contribution in [1.82, 2.24) is 5.16 Å². The molecular formula is C13H8BrClN2OS. The molecule has 2 heterocycles. The Bertz CT molecular complexity index is 724. The van der Waals surface area contributed by atoms with Gasteiger partial charge in [0.2, 0.25) is 0 Å². The molecule has 0 fully saturated rings. The Balaban J connectivity index is 2.18. The van der Waals surface area contributed by atoms with Gasteiger partial charge >= 0.3 is 0 Å². The van der Waals surface area contributed by atoms with E-state index in [1.54, 1.807) is 17.4 Å². The van der Waals surface area contributed by atoms with Crippen molar-refractivity contribution in [3.8, 4) is 21.8 Å². The Morgan fingerprint density at radius 1 is 1.32 bits per heavy atom. The summed E-state index contributed by atoms with van der Waals surface area (Å²) in [6.45, 7) is 0. The Kier molecular flexibility index (Phi) is 3.35. The first kappa shape index (κ1) is 12.7. The van der Waals surface area contributed by atoms with Gasteiger partial charge in [-0.3, -0.25) is 0 Å². The minimum absolute atomic E-state index is 0.392. The van der Waals surface area contributed by atoms with Crippen LogP contribution in [0, 0.1) is 0 Å². The Labute approximate surface area is 127 Å². The Morgan fingerprint density at radius 3 is 2.84 bits per heavy atom. The van der Waals surface area contributed by atoms with Crippen molar-refractivity contribution < 1.29 is 4.52 Å². The number of nitrogen functional groups attached to an aromatic ring is 1. The Hall–Kier alpha value is -1.30. The van der Waals surface area contributed by atoms with Crippen molar-refractivity contribution in [2.75, 3.05) is 5.73 Å². The summed E-state index contributed by atoms with van der Waals surface area (Å²) in [6.07, 6.45) is 0. The lowest BCUT2D eigenvalue weighted by molar-refractivity contribution is 0.436. The van der Waals surface area contributed by atoms with Crippen LogP contribution in [0.2, 0.25) is 5.02 Å². The molecule has 0 bridgehead atoms. The van der Waals surface area contributed by atoms with E-state index in [9.17, 15) is 0 Å². The second-order valence-electron chi connectivity index (χ2n) is 3.88. The smallest absolute Gasteiger partial charge is 0.177 e. The second-order valence-corrected chi connectivity index (χ2v) is 6.09. The van der Waals surface area contributed by atoms with Crippen LogP contribution < -0.4 is 5.73 Å². The average molecular weight is 356 g/mol. The van der Waals surface area contributed by atoms with Gasteiger partial charge in [-0.1, -0.05) is 22.8 Å². The molecule has 0 radical (unpaired) electrons. The van der Waals surface area contributed by atoms with Crippen LogP contribution in [-0.4, -0.2) is 5.16 Å². The molecule has 3 nitrogen and oxygen atoms in total. The highest BCUT2D eigenvalue weighted by atomic mass is 79.9. The second kappa shape index (κ2) is 5.00. The summed E-state index contributed by atoms with van der Waals surface area (Å²) in [6, 6.07) is 9.53. The van der Waals surface area contributed by atoms with Crippen LogP contribution >= 0.6 is 38.9 Å². The summed E-state index contributed by atoms with van der Waals surface area (Å²) in [4.78, 5) is 1.03. The normalized spacial score (nSPS) is 10.8. The van der Waals surface area contributed by atoms with E-state index in [0.717, 1.165) is 20.5 Å². The lowest BCUT2D eigenvalue weighted by Gasteiger charge is -2.02. The number of hydrogen-bond acceptors (Lipinski definition) is 4. The summed E-state index contributed by atoms with van der Waals surface area (Å²) in [5, 5.41) is 6.50. The fraction of sp³-hybridized carbons (Fsp3) is 0. The van der Waals surface area contributed by atoms with Gasteiger partial charge in [0.1, 0.15) is 0 Å². The maximum absolute atomic E-state index is 6.00. The number of thiophene rings is 1. The van der Waals surface area contributed by atoms with Crippen LogP contribution in [0.15, 0.2) is 44.7 Å². The van der Waals surface area contributed by atoms with Gasteiger partial charge < -0.3 is 10.3 Å². The van der Waals surface area contributed by atoms with Crippen LogP contribution in [-0.2, 0) is 0 Å². The third-order valence-electron chi connectivity index (χ3n) is 2.67. The van der Waals surface area contributed by atoms with E-state index >= 15 is 0 Å². The number of anilines is 1. The Morgan fingerprint density at radius 2 is 2.16 bits per heavy atom. The molecule has 0 aliphatic rings. The first-order valence-corrected chi connectivity index (χ1v) is 7.46. The summed E-state index contributed by atoms with van der Waals surface area (Å²) in [7, 11) is 0. The van der Waals surface area contributed by atoms with Gasteiger partial charge in [-0.25, -0.2) is 0 Å². The van der Waals surface area contributed by atoms with E-state index in [0.29, 0.717) is 16.6 Å². The number of halogens is 2. The lowest BCUT2D eigenvalue weighted by Crippen LogP contribution is -1.87. The molecule has 0 amide bonds. The van der Waals surface area contributed by atoms with E-state index in [4.69, 9.17) is 21.9 Å². The molecule has 0 saturated heterocycles. The van der Waals surface area contributed by atoms with Crippen LogP contribution in [0.25, 0.3) is 21.8 Å². The summed E-state index contributed by atoms with van der Waals surface area (Å²) in [5.74, 6) is 1.04. The molecule has 2 aromatic heterocycles. The molecule has 6 heteroatoms. The van der Waals surface area contributed by atoms with Gasteiger partial charge in [-0.15, -0.1) is 11.3 Å². The zero-order valence-electron chi connectivity index (χ0n) is 9.56. The molecule has 2 N–H and O–H groups in total. The number of nitrogens with zero attached hydrogens (tertiary/aromatic N) is 1. The topological polar surface area (TPSA) is 52.0 Å². The maximum atomic E-state index is 6.00. The fourth-order valence-electron chi connectivity index (χ4n) is 1.80. The summed E-state index contributed by atoms with van der Waals surface area (Å²) in [5.41, 5.74) is 7.60. The maximum Gasteiger partial charge on any atom is 0.177 e. The van der Waals surface area contributed by atoms with Gasteiger partial charge in [0.15, 0.2) is 11.6 Å². The van der Waals surface area contributed by atoms with Gasteiger partial charge in [-0.05, 0) is 45.6 Å². The molecule has 1 aromatic carbocycles. The number of rotatable bonds is 2. The molecule has 0 aliphatic carbocycles. The molecule has 0 aliphatic heterocycles. The van der Waals surface area contributed by atoms with Crippen LogP contribution in [0.4, 0.5) is 5.82 Å². The first-order chi connectivity index (χ1) is 9.16. The number of benzene rings is 1. The zero-order chi connectivity index (χ0) is 13.4. The largest absolute Gasteiger partial charge is 0.380 e. The van der Waals surface area contributed by atoms with Crippen molar-refractivity contribution in [3.63, 3.8) is 0 Å². The summed E-state index contributed by atoms with van der Waals surface area (Å²) >= 11 is 11.0. The molecule has 0 atom stereocenters. The molecule has 19 heavy (non-hydrogen) atoms. The van der Waals surface area contributed by atoms with Gasteiger partial charge in [0.05, 0.1) is 10.6 Å². The van der Waals surface area contributed by atoms with E-state index in [-0.39, 0.29) is 0 Å². The van der Waals surface area contributed by atoms with Crippen LogP contribution in [0.5, 0.6) is 0 Å². The summed E-state index contributed by atoms with van der Waals surface area (Å²) < 4.78 is 6.17. The monoisotopic (exact) mass is 354 g/mol. The van der Waals surface area contributed by atoms with E-state index in [1.165, 1.54) is 0 Å². The van der Waals surface area contributed by atoms with Crippen molar-refractivity contribution in [1.29, 1.82) is 0 Å². The predicted molar refractivity (Wildman–Crippen MR) is 82.4 cm³/mol. The zero-order valence-corrected chi connectivity index (χ0v) is 12.7. The number of nitrogens with two attached hydrogens (primary N) is 1. The minimum atomic E-state index is 0.392. The van der Waals surface area contributed by atoms with Crippen LogP contribution in [0.1, 0.15) is 0 Å². The standard InChI is InChI=1S/C13H8BrClN2OS/c14-8-6-7(3-4-9(8)15)12-11(13(16)17-18-12)10-2-1-5-19-10/h1-6H,(H2,16,17). The number of hydrogen-bond donors (Lipinski definition) is 1. The van der Waals surface area contributed by atoms with Gasteiger partial charge in [-0.2, -0.15) is 0 Å².